The molecule has 2 aromatic rings. The van der Waals surface area contributed by atoms with Crippen LogP contribution in [-0.4, -0.2) is 34.3 Å². The molecular formula is C17H25N5S. The number of nitrogens with one attached hydrogen (secondary N) is 1. The monoisotopic (exact) mass is 331 g/mol. The summed E-state index contributed by atoms with van der Waals surface area (Å²) in [6, 6.07) is 4.46. The molecule has 0 aromatic carbocycles. The molecule has 2 aromatic heterocycles. The maximum absolute atomic E-state index is 4.76. The molecule has 0 aliphatic carbocycles. The quantitative estimate of drug-likeness (QED) is 0.933. The predicted octanol–water partition coefficient (Wildman–Crippen LogP) is 2.99. The van der Waals surface area contributed by atoms with E-state index < -0.39 is 0 Å². The van der Waals surface area contributed by atoms with Gasteiger partial charge in [-0.2, -0.15) is 5.10 Å². The van der Waals surface area contributed by atoms with E-state index in [0.717, 1.165) is 31.1 Å². The summed E-state index contributed by atoms with van der Waals surface area (Å²) in [6.45, 7) is 9.51. The molecule has 124 valence electrons. The SMILES string of the molecule is CC(C)(C)c1nc(CNC2CCCN(c3cccnn3)C2)cs1. The van der Waals surface area contributed by atoms with Gasteiger partial charge in [-0.25, -0.2) is 4.98 Å². The third kappa shape index (κ3) is 4.26. The number of nitrogens with zero attached hydrogens (tertiary/aromatic N) is 4. The highest BCUT2D eigenvalue weighted by Crippen LogP contribution is 2.25. The van der Waals surface area contributed by atoms with Crippen LogP contribution in [0.5, 0.6) is 0 Å². The van der Waals surface area contributed by atoms with Crippen molar-refractivity contribution < 1.29 is 0 Å². The van der Waals surface area contributed by atoms with Gasteiger partial charge in [0.25, 0.3) is 0 Å². The van der Waals surface area contributed by atoms with E-state index in [0.29, 0.717) is 6.04 Å². The molecule has 23 heavy (non-hydrogen) atoms. The zero-order chi connectivity index (χ0) is 16.3. The second-order valence-electron chi connectivity index (χ2n) is 7.14. The molecule has 0 radical (unpaired) electrons. The van der Waals surface area contributed by atoms with Crippen molar-refractivity contribution in [1.82, 2.24) is 20.5 Å². The fraction of sp³-hybridized carbons (Fsp3) is 0.588. The molecule has 0 spiro atoms. The molecule has 1 fully saturated rings. The molecule has 1 aliphatic rings. The molecule has 1 atom stereocenters. The summed E-state index contributed by atoms with van der Waals surface area (Å²) in [4.78, 5) is 7.08. The second-order valence-corrected chi connectivity index (χ2v) is 8.00. The van der Waals surface area contributed by atoms with Crippen molar-refractivity contribution in [3.63, 3.8) is 0 Å². The fourth-order valence-corrected chi connectivity index (χ4v) is 3.70. The summed E-state index contributed by atoms with van der Waals surface area (Å²) in [6.07, 6.45) is 4.10. The Kier molecular flexibility index (Phi) is 4.92. The first-order valence-corrected chi connectivity index (χ1v) is 9.11. The third-order valence-corrected chi connectivity index (χ3v) is 5.39. The molecule has 0 amide bonds. The van der Waals surface area contributed by atoms with Gasteiger partial charge in [0.15, 0.2) is 5.82 Å². The first-order valence-electron chi connectivity index (χ1n) is 8.23. The number of thiazole rings is 1. The number of aromatic nitrogens is 3. The van der Waals surface area contributed by atoms with Gasteiger partial charge in [-0.05, 0) is 25.0 Å². The van der Waals surface area contributed by atoms with Crippen LogP contribution in [0.2, 0.25) is 0 Å². The minimum atomic E-state index is 0.135. The predicted molar refractivity (Wildman–Crippen MR) is 94.9 cm³/mol. The van der Waals surface area contributed by atoms with Crippen LogP contribution in [0, 0.1) is 0 Å². The van der Waals surface area contributed by atoms with E-state index in [1.54, 1.807) is 17.5 Å². The van der Waals surface area contributed by atoms with Gasteiger partial charge in [0.05, 0.1) is 10.7 Å². The van der Waals surface area contributed by atoms with Crippen LogP contribution in [-0.2, 0) is 12.0 Å². The van der Waals surface area contributed by atoms with Gasteiger partial charge in [-0.3, -0.25) is 0 Å². The molecule has 6 heteroatoms. The number of hydrogen-bond donors (Lipinski definition) is 1. The van der Waals surface area contributed by atoms with E-state index >= 15 is 0 Å². The lowest BCUT2D eigenvalue weighted by Gasteiger charge is -2.33. The summed E-state index contributed by atoms with van der Waals surface area (Å²) < 4.78 is 0. The van der Waals surface area contributed by atoms with E-state index in [9.17, 15) is 0 Å². The number of anilines is 1. The standard InChI is InChI=1S/C17H25N5S/c1-17(2,3)16-20-14(12-23-16)10-18-13-6-5-9-22(11-13)15-7-4-8-19-21-15/h4,7-8,12-13,18H,5-6,9-11H2,1-3H3. The highest BCUT2D eigenvalue weighted by atomic mass is 32.1. The lowest BCUT2D eigenvalue weighted by Crippen LogP contribution is -2.45. The summed E-state index contributed by atoms with van der Waals surface area (Å²) in [5, 5.41) is 15.2. The molecule has 1 N–H and O–H groups in total. The lowest BCUT2D eigenvalue weighted by molar-refractivity contribution is 0.417. The summed E-state index contributed by atoms with van der Waals surface area (Å²) >= 11 is 1.76. The summed E-state index contributed by atoms with van der Waals surface area (Å²) in [5.41, 5.74) is 1.29. The molecule has 1 unspecified atom stereocenters. The maximum atomic E-state index is 4.76. The van der Waals surface area contributed by atoms with Crippen molar-refractivity contribution in [2.75, 3.05) is 18.0 Å². The van der Waals surface area contributed by atoms with Crippen molar-refractivity contribution in [2.24, 2.45) is 0 Å². The van der Waals surface area contributed by atoms with Crippen LogP contribution in [0.1, 0.15) is 44.3 Å². The zero-order valence-electron chi connectivity index (χ0n) is 14.1. The number of piperidine rings is 1. The van der Waals surface area contributed by atoms with Gasteiger partial charge in [-0.1, -0.05) is 20.8 Å². The smallest absolute Gasteiger partial charge is 0.151 e. The minimum Gasteiger partial charge on any atom is -0.354 e. The molecule has 1 saturated heterocycles. The minimum absolute atomic E-state index is 0.135. The summed E-state index contributed by atoms with van der Waals surface area (Å²) in [5.74, 6) is 0.975. The first kappa shape index (κ1) is 16.3. The van der Waals surface area contributed by atoms with Crippen LogP contribution >= 0.6 is 11.3 Å². The summed E-state index contributed by atoms with van der Waals surface area (Å²) in [7, 11) is 0. The Balaban J connectivity index is 1.55. The highest BCUT2D eigenvalue weighted by molar-refractivity contribution is 7.09. The van der Waals surface area contributed by atoms with Crippen molar-refractivity contribution >= 4 is 17.2 Å². The van der Waals surface area contributed by atoms with E-state index in [-0.39, 0.29) is 5.41 Å². The average Bonchev–Trinajstić information content (AvgIpc) is 3.03. The second kappa shape index (κ2) is 6.93. The molecule has 5 nitrogen and oxygen atoms in total. The number of hydrogen-bond acceptors (Lipinski definition) is 6. The Morgan fingerprint density at radius 2 is 2.26 bits per heavy atom. The molecule has 0 saturated carbocycles. The van der Waals surface area contributed by atoms with E-state index in [2.05, 4.69) is 46.6 Å². The average molecular weight is 331 g/mol. The zero-order valence-corrected chi connectivity index (χ0v) is 14.9. The van der Waals surface area contributed by atoms with Crippen LogP contribution in [0.4, 0.5) is 5.82 Å². The van der Waals surface area contributed by atoms with Gasteiger partial charge in [0, 0.05) is 42.7 Å². The van der Waals surface area contributed by atoms with Crippen molar-refractivity contribution in [3.05, 3.63) is 34.4 Å². The molecule has 3 heterocycles. The Morgan fingerprint density at radius 1 is 1.39 bits per heavy atom. The Labute approximate surface area is 142 Å². The van der Waals surface area contributed by atoms with Crippen molar-refractivity contribution in [2.45, 2.75) is 51.6 Å². The van der Waals surface area contributed by atoms with Gasteiger partial charge in [0.2, 0.25) is 0 Å². The van der Waals surface area contributed by atoms with E-state index in [1.165, 1.54) is 17.8 Å². The van der Waals surface area contributed by atoms with Gasteiger partial charge < -0.3 is 10.2 Å². The molecular weight excluding hydrogens is 306 g/mol. The van der Waals surface area contributed by atoms with Gasteiger partial charge in [-0.15, -0.1) is 16.4 Å². The van der Waals surface area contributed by atoms with Crippen LogP contribution < -0.4 is 10.2 Å². The van der Waals surface area contributed by atoms with E-state index in [4.69, 9.17) is 4.98 Å². The van der Waals surface area contributed by atoms with Crippen LogP contribution in [0.25, 0.3) is 0 Å². The van der Waals surface area contributed by atoms with Crippen LogP contribution in [0.3, 0.4) is 0 Å². The lowest BCUT2D eigenvalue weighted by atomic mass is 9.98. The van der Waals surface area contributed by atoms with Crippen LogP contribution in [0.15, 0.2) is 23.7 Å². The molecule has 0 bridgehead atoms. The maximum Gasteiger partial charge on any atom is 0.151 e. The van der Waals surface area contributed by atoms with Gasteiger partial charge in [0.1, 0.15) is 0 Å². The highest BCUT2D eigenvalue weighted by Gasteiger charge is 2.22. The fourth-order valence-electron chi connectivity index (χ4n) is 2.80. The Bertz CT molecular complexity index is 619. The third-order valence-electron chi connectivity index (χ3n) is 4.07. The van der Waals surface area contributed by atoms with Crippen molar-refractivity contribution in [3.8, 4) is 0 Å². The van der Waals surface area contributed by atoms with Gasteiger partial charge >= 0.3 is 0 Å². The van der Waals surface area contributed by atoms with E-state index in [1.807, 2.05) is 12.1 Å². The number of rotatable bonds is 4. The molecule has 3 rings (SSSR count). The topological polar surface area (TPSA) is 53.9 Å². The van der Waals surface area contributed by atoms with Crippen molar-refractivity contribution in [1.29, 1.82) is 0 Å². The molecule has 1 aliphatic heterocycles. The largest absolute Gasteiger partial charge is 0.354 e. The normalized spacial score (nSPS) is 19.1. The Morgan fingerprint density at radius 3 is 2.96 bits per heavy atom. The first-order chi connectivity index (χ1) is 11.0. The Hall–Kier alpha value is -1.53.